The Hall–Kier alpha value is -0.430. The summed E-state index contributed by atoms with van der Waals surface area (Å²) in [6, 6.07) is 0.339. The summed E-state index contributed by atoms with van der Waals surface area (Å²) in [5.74, 6) is -0.141. The van der Waals surface area contributed by atoms with Gasteiger partial charge in [-0.15, -0.1) is 0 Å². The van der Waals surface area contributed by atoms with Gasteiger partial charge in [0.2, 0.25) is 0 Å². The van der Waals surface area contributed by atoms with Gasteiger partial charge in [0.05, 0.1) is 19.0 Å². The van der Waals surface area contributed by atoms with Gasteiger partial charge in [0.15, 0.2) is 15.6 Å². The van der Waals surface area contributed by atoms with Crippen molar-refractivity contribution < 1.29 is 17.9 Å². The van der Waals surface area contributed by atoms with Gasteiger partial charge < -0.3 is 14.8 Å². The second-order valence-corrected chi connectivity index (χ2v) is 7.24. The van der Waals surface area contributed by atoms with Gasteiger partial charge in [-0.1, -0.05) is 6.08 Å². The van der Waals surface area contributed by atoms with E-state index < -0.39 is 9.84 Å². The first kappa shape index (κ1) is 12.6. The van der Waals surface area contributed by atoms with Gasteiger partial charge in [0.25, 0.3) is 0 Å². The van der Waals surface area contributed by atoms with Crippen LogP contribution in [0.15, 0.2) is 11.5 Å². The van der Waals surface area contributed by atoms with Crippen LogP contribution in [0.4, 0.5) is 0 Å². The smallest absolute Gasteiger partial charge is 0.173 e. The van der Waals surface area contributed by atoms with E-state index in [2.05, 4.69) is 5.32 Å². The van der Waals surface area contributed by atoms with Crippen molar-refractivity contribution in [3.05, 3.63) is 11.5 Å². The third-order valence-corrected chi connectivity index (χ3v) is 5.34. The Morgan fingerprint density at radius 2 is 1.83 bits per heavy atom. The van der Waals surface area contributed by atoms with Gasteiger partial charge in [0.1, 0.15) is 0 Å². The summed E-state index contributed by atoms with van der Waals surface area (Å²) >= 11 is 0. The molecule has 0 amide bonds. The lowest BCUT2D eigenvalue weighted by atomic mass is 9.89. The van der Waals surface area contributed by atoms with Crippen LogP contribution in [-0.2, 0) is 19.3 Å². The summed E-state index contributed by atoms with van der Waals surface area (Å²) in [6.45, 7) is 1.39. The average molecular weight is 273 g/mol. The van der Waals surface area contributed by atoms with Crippen LogP contribution in [0.3, 0.4) is 0 Å². The second kappa shape index (κ2) is 4.59. The Balaban J connectivity index is 1.50. The molecule has 1 saturated heterocycles. The van der Waals surface area contributed by atoms with Crippen molar-refractivity contribution in [1.82, 2.24) is 5.32 Å². The maximum atomic E-state index is 11.3. The quantitative estimate of drug-likeness (QED) is 0.797. The molecular weight excluding hydrogens is 254 g/mol. The van der Waals surface area contributed by atoms with Crippen LogP contribution in [0.25, 0.3) is 0 Å². The van der Waals surface area contributed by atoms with Gasteiger partial charge in [-0.25, -0.2) is 8.42 Å². The van der Waals surface area contributed by atoms with Crippen molar-refractivity contribution in [2.24, 2.45) is 0 Å². The van der Waals surface area contributed by atoms with Crippen LogP contribution < -0.4 is 5.32 Å². The molecule has 0 aromatic heterocycles. The molecule has 3 rings (SSSR count). The molecular formula is C12H19NO4S. The lowest BCUT2D eigenvalue weighted by molar-refractivity contribution is -0.179. The molecule has 6 heteroatoms. The number of nitrogens with one attached hydrogen (secondary N) is 1. The monoisotopic (exact) mass is 273 g/mol. The van der Waals surface area contributed by atoms with Gasteiger partial charge >= 0.3 is 0 Å². The summed E-state index contributed by atoms with van der Waals surface area (Å²) < 4.78 is 34.0. The Labute approximate surface area is 107 Å². The molecule has 0 radical (unpaired) electrons. The fourth-order valence-corrected chi connectivity index (χ4v) is 4.24. The van der Waals surface area contributed by atoms with Crippen LogP contribution in [-0.4, -0.2) is 45.3 Å². The predicted octanol–water partition coefficient (Wildman–Crippen LogP) is 0.572. The number of hydrogen-bond acceptors (Lipinski definition) is 5. The first-order valence-corrected chi connectivity index (χ1v) is 8.23. The van der Waals surface area contributed by atoms with E-state index in [4.69, 9.17) is 9.47 Å². The minimum atomic E-state index is -2.96. The fourth-order valence-electron chi connectivity index (χ4n) is 2.99. The van der Waals surface area contributed by atoms with E-state index in [9.17, 15) is 8.42 Å². The zero-order valence-corrected chi connectivity index (χ0v) is 11.1. The summed E-state index contributed by atoms with van der Waals surface area (Å²) in [5.41, 5.74) is 0. The van der Waals surface area contributed by atoms with Crippen LogP contribution in [0.1, 0.15) is 25.7 Å². The highest BCUT2D eigenvalue weighted by molar-refractivity contribution is 7.94. The number of hydrogen-bond donors (Lipinski definition) is 1. The zero-order chi connectivity index (χ0) is 12.6. The number of ether oxygens (including phenoxy) is 2. The van der Waals surface area contributed by atoms with E-state index in [0.717, 1.165) is 25.7 Å². The predicted molar refractivity (Wildman–Crippen MR) is 66.7 cm³/mol. The van der Waals surface area contributed by atoms with Crippen molar-refractivity contribution in [2.75, 3.05) is 19.0 Å². The summed E-state index contributed by atoms with van der Waals surface area (Å²) in [4.78, 5) is 0. The fraction of sp³-hybridized carbons (Fsp3) is 0.833. The molecule has 2 heterocycles. The molecule has 0 aromatic carbocycles. The van der Waals surface area contributed by atoms with Crippen LogP contribution >= 0.6 is 0 Å². The van der Waals surface area contributed by atoms with Crippen molar-refractivity contribution in [3.8, 4) is 0 Å². The van der Waals surface area contributed by atoms with Crippen molar-refractivity contribution >= 4 is 9.84 Å². The zero-order valence-electron chi connectivity index (χ0n) is 10.3. The molecule has 1 saturated carbocycles. The lowest BCUT2D eigenvalue weighted by Crippen LogP contribution is -2.45. The molecule has 18 heavy (non-hydrogen) atoms. The second-order valence-electron chi connectivity index (χ2n) is 5.31. The highest BCUT2D eigenvalue weighted by atomic mass is 32.2. The van der Waals surface area contributed by atoms with Gasteiger partial charge in [-0.3, -0.25) is 0 Å². The lowest BCUT2D eigenvalue weighted by Gasteiger charge is -2.36. The van der Waals surface area contributed by atoms with Crippen molar-refractivity contribution in [1.29, 1.82) is 0 Å². The third kappa shape index (κ3) is 2.61. The Morgan fingerprint density at radius 3 is 2.39 bits per heavy atom. The topological polar surface area (TPSA) is 64.6 Å². The van der Waals surface area contributed by atoms with E-state index in [-0.39, 0.29) is 17.6 Å². The SMILES string of the molecule is O=S1(=O)C=CC(NC2CCC3(CC2)OCCO3)C1. The Bertz CT molecular complexity index is 429. The van der Waals surface area contributed by atoms with Crippen LogP contribution in [0.2, 0.25) is 0 Å². The maximum Gasteiger partial charge on any atom is 0.173 e. The maximum absolute atomic E-state index is 11.3. The average Bonchev–Trinajstić information content (AvgIpc) is 2.90. The minimum Gasteiger partial charge on any atom is -0.348 e. The first-order valence-electron chi connectivity index (χ1n) is 6.52. The largest absolute Gasteiger partial charge is 0.348 e. The molecule has 5 nitrogen and oxygen atoms in total. The molecule has 0 aromatic rings. The van der Waals surface area contributed by atoms with E-state index in [0.29, 0.717) is 19.3 Å². The molecule has 1 unspecified atom stereocenters. The molecule has 1 N–H and O–H groups in total. The highest BCUT2D eigenvalue weighted by Gasteiger charge is 2.40. The standard InChI is InChI=1S/C12H19NO4S/c14-18(15)8-3-11(9-18)13-10-1-4-12(5-2-10)16-6-7-17-12/h3,8,10-11,13H,1-2,4-7,9H2. The third-order valence-electron chi connectivity index (χ3n) is 3.94. The molecule has 1 spiro atoms. The van der Waals surface area contributed by atoms with E-state index >= 15 is 0 Å². The van der Waals surface area contributed by atoms with Gasteiger partial charge in [-0.2, -0.15) is 0 Å². The van der Waals surface area contributed by atoms with Crippen molar-refractivity contribution in [2.45, 2.75) is 43.6 Å². The highest BCUT2D eigenvalue weighted by Crippen LogP contribution is 2.35. The first-order chi connectivity index (χ1) is 8.57. The Morgan fingerprint density at radius 1 is 1.17 bits per heavy atom. The van der Waals surface area contributed by atoms with Crippen LogP contribution in [0, 0.1) is 0 Å². The van der Waals surface area contributed by atoms with E-state index in [1.807, 2.05) is 0 Å². The number of sulfone groups is 1. The molecule has 2 fully saturated rings. The molecule has 1 atom stereocenters. The Kier molecular flexibility index (Phi) is 3.21. The van der Waals surface area contributed by atoms with E-state index in [1.165, 1.54) is 5.41 Å². The molecule has 102 valence electrons. The summed E-state index contributed by atoms with van der Waals surface area (Å²) in [7, 11) is -2.96. The number of rotatable bonds is 2. The molecule has 0 bridgehead atoms. The normalized spacial score (nSPS) is 34.3. The van der Waals surface area contributed by atoms with E-state index in [1.54, 1.807) is 6.08 Å². The minimum absolute atomic E-state index is 0.0283. The van der Waals surface area contributed by atoms with Gasteiger partial charge in [0, 0.05) is 30.3 Å². The molecule has 3 aliphatic rings. The molecule has 1 aliphatic carbocycles. The van der Waals surface area contributed by atoms with Crippen molar-refractivity contribution in [3.63, 3.8) is 0 Å². The molecule has 2 aliphatic heterocycles. The summed E-state index contributed by atoms with van der Waals surface area (Å²) in [5, 5.41) is 4.72. The van der Waals surface area contributed by atoms with Crippen LogP contribution in [0.5, 0.6) is 0 Å². The summed E-state index contributed by atoms with van der Waals surface area (Å²) in [6.07, 6.45) is 5.50. The van der Waals surface area contributed by atoms with Gasteiger partial charge in [-0.05, 0) is 12.8 Å².